The molecule has 0 fully saturated rings. The maximum atomic E-state index is 12.2. The largest absolute Gasteiger partial charge is 0.478 e. The van der Waals surface area contributed by atoms with Gasteiger partial charge in [-0.25, -0.2) is 4.79 Å². The van der Waals surface area contributed by atoms with Crippen LogP contribution in [0.2, 0.25) is 0 Å². The number of aromatic carboxylic acids is 1. The number of para-hydroxylation sites is 1. The Bertz CT molecular complexity index is 1280. The van der Waals surface area contributed by atoms with E-state index in [0.29, 0.717) is 28.1 Å². The van der Waals surface area contributed by atoms with E-state index in [4.69, 9.17) is 0 Å². The Morgan fingerprint density at radius 3 is 2.58 bits per heavy atom. The predicted molar refractivity (Wildman–Crippen MR) is 122 cm³/mol. The number of rotatable bonds is 7. The van der Waals surface area contributed by atoms with Gasteiger partial charge in [-0.2, -0.15) is 5.26 Å². The number of aryl methyl sites for hydroxylation is 1. The van der Waals surface area contributed by atoms with Crippen molar-refractivity contribution in [1.82, 2.24) is 4.57 Å². The van der Waals surface area contributed by atoms with E-state index in [0.717, 1.165) is 29.5 Å². The second-order valence-electron chi connectivity index (χ2n) is 7.39. The van der Waals surface area contributed by atoms with Crippen LogP contribution in [0.1, 0.15) is 52.4 Å². The molecule has 0 aliphatic rings. The zero-order chi connectivity index (χ0) is 22.0. The van der Waals surface area contributed by atoms with Crippen molar-refractivity contribution in [3.05, 3.63) is 81.7 Å². The highest BCUT2D eigenvalue weighted by Gasteiger charge is 2.27. The number of hydrogen-bond acceptors (Lipinski definition) is 4. The number of nitrogens with zero attached hydrogens (tertiary/aromatic N) is 2. The topological polar surface area (TPSA) is 86.3 Å². The molecule has 0 radical (unpaired) electrons. The van der Waals surface area contributed by atoms with Crippen molar-refractivity contribution < 1.29 is 15.0 Å². The van der Waals surface area contributed by atoms with Crippen LogP contribution in [0.15, 0.2) is 60.0 Å². The van der Waals surface area contributed by atoms with Gasteiger partial charge in [0.05, 0.1) is 11.3 Å². The number of thiophene rings is 1. The molecule has 0 aliphatic carbocycles. The van der Waals surface area contributed by atoms with Gasteiger partial charge in [-0.15, -0.1) is 11.3 Å². The van der Waals surface area contributed by atoms with Gasteiger partial charge in [-0.3, -0.25) is 0 Å². The fraction of sp³-hybridized carbons (Fsp3) is 0.200. The Balaban J connectivity index is 1.81. The number of fused-ring (bicyclic) bond motifs is 1. The Kier molecular flexibility index (Phi) is 5.90. The quantitative estimate of drug-likeness (QED) is 0.387. The Hall–Kier alpha value is -3.40. The molecule has 0 saturated heterocycles. The molecular formula is C25H22N2O3S. The summed E-state index contributed by atoms with van der Waals surface area (Å²) >= 11 is 1.39. The van der Waals surface area contributed by atoms with E-state index < -0.39 is 12.1 Å². The molecule has 2 heterocycles. The van der Waals surface area contributed by atoms with Crippen LogP contribution in [-0.2, 0) is 6.54 Å². The summed E-state index contributed by atoms with van der Waals surface area (Å²) in [4.78, 5) is 12.8. The molecule has 2 aromatic carbocycles. The average molecular weight is 431 g/mol. The number of unbranched alkanes of at least 4 members (excludes halogenated alkanes) is 1. The number of aliphatic hydroxyl groups excluding tert-OH is 1. The highest BCUT2D eigenvalue weighted by Crippen LogP contribution is 2.35. The number of carboxylic acid groups (broad SMARTS) is 1. The molecule has 31 heavy (non-hydrogen) atoms. The molecule has 0 saturated carbocycles. The van der Waals surface area contributed by atoms with Crippen LogP contribution >= 0.6 is 11.3 Å². The number of benzene rings is 2. The van der Waals surface area contributed by atoms with Gasteiger partial charge >= 0.3 is 5.97 Å². The lowest BCUT2D eigenvalue weighted by Gasteiger charge is -2.17. The summed E-state index contributed by atoms with van der Waals surface area (Å²) < 4.78 is 1.94. The van der Waals surface area contributed by atoms with E-state index in [9.17, 15) is 20.3 Å². The number of carbonyl (C=O) groups is 1. The number of aliphatic hydroxyl groups is 1. The van der Waals surface area contributed by atoms with E-state index in [1.807, 2.05) is 46.3 Å². The minimum atomic E-state index is -1.08. The van der Waals surface area contributed by atoms with Crippen molar-refractivity contribution >= 4 is 28.2 Å². The van der Waals surface area contributed by atoms with Gasteiger partial charge in [0.2, 0.25) is 0 Å². The lowest BCUT2D eigenvalue weighted by atomic mass is 9.98. The first-order valence-electron chi connectivity index (χ1n) is 10.2. The SMILES string of the molecule is CCCCn1c(C(O)c2ccc(-c3ccsc3C#N)cc2)c(C(=O)O)c2ccccc21. The summed E-state index contributed by atoms with van der Waals surface area (Å²) in [6, 6.07) is 18.8. The first-order chi connectivity index (χ1) is 15.1. The van der Waals surface area contributed by atoms with Crippen LogP contribution in [0.5, 0.6) is 0 Å². The van der Waals surface area contributed by atoms with Gasteiger partial charge in [-0.1, -0.05) is 55.8 Å². The zero-order valence-corrected chi connectivity index (χ0v) is 17.9. The van der Waals surface area contributed by atoms with Crippen molar-refractivity contribution in [2.75, 3.05) is 0 Å². The molecule has 6 heteroatoms. The molecule has 5 nitrogen and oxygen atoms in total. The third-order valence-corrected chi connectivity index (χ3v) is 6.34. The van der Waals surface area contributed by atoms with Crippen LogP contribution < -0.4 is 0 Å². The third-order valence-electron chi connectivity index (χ3n) is 5.52. The van der Waals surface area contributed by atoms with Crippen molar-refractivity contribution in [1.29, 1.82) is 5.26 Å². The number of nitriles is 1. The predicted octanol–water partition coefficient (Wildman–Crippen LogP) is 5.82. The first kappa shape index (κ1) is 20.9. The molecule has 0 amide bonds. The van der Waals surface area contributed by atoms with Crippen LogP contribution in [0, 0.1) is 11.3 Å². The number of aromatic nitrogens is 1. The molecule has 0 spiro atoms. The van der Waals surface area contributed by atoms with Gasteiger partial charge in [0, 0.05) is 23.0 Å². The van der Waals surface area contributed by atoms with Crippen LogP contribution in [0.25, 0.3) is 22.0 Å². The van der Waals surface area contributed by atoms with Gasteiger partial charge in [-0.05, 0) is 35.1 Å². The standard InChI is InChI=1S/C25H22N2O3S/c1-2-3-13-27-20-7-5-4-6-19(20)22(25(29)30)23(27)24(28)17-10-8-16(9-11-17)18-12-14-31-21(18)15-26/h4-12,14,24,28H,2-3,13H2,1H3,(H,29,30). The van der Waals surface area contributed by atoms with Gasteiger partial charge in [0.25, 0.3) is 0 Å². The maximum absolute atomic E-state index is 12.2. The highest BCUT2D eigenvalue weighted by atomic mass is 32.1. The molecule has 156 valence electrons. The third kappa shape index (κ3) is 3.74. The van der Waals surface area contributed by atoms with E-state index in [2.05, 4.69) is 13.0 Å². The van der Waals surface area contributed by atoms with Gasteiger partial charge in [0.15, 0.2) is 0 Å². The highest BCUT2D eigenvalue weighted by molar-refractivity contribution is 7.11. The molecule has 1 atom stereocenters. The molecular weight excluding hydrogens is 408 g/mol. The van der Waals surface area contributed by atoms with Gasteiger partial charge in [0.1, 0.15) is 17.1 Å². The summed E-state index contributed by atoms with van der Waals surface area (Å²) in [5.41, 5.74) is 3.73. The molecule has 4 aromatic rings. The smallest absolute Gasteiger partial charge is 0.338 e. The summed E-state index contributed by atoms with van der Waals surface area (Å²) in [5, 5.41) is 33.0. The minimum Gasteiger partial charge on any atom is -0.478 e. The van der Waals surface area contributed by atoms with E-state index in [-0.39, 0.29) is 5.56 Å². The van der Waals surface area contributed by atoms with E-state index in [1.165, 1.54) is 11.3 Å². The fourth-order valence-electron chi connectivity index (χ4n) is 4.02. The van der Waals surface area contributed by atoms with E-state index >= 15 is 0 Å². The molecule has 0 aliphatic heterocycles. The Morgan fingerprint density at radius 2 is 1.90 bits per heavy atom. The Morgan fingerprint density at radius 1 is 1.16 bits per heavy atom. The van der Waals surface area contributed by atoms with Gasteiger partial charge < -0.3 is 14.8 Å². The van der Waals surface area contributed by atoms with Crippen LogP contribution in [-0.4, -0.2) is 20.7 Å². The van der Waals surface area contributed by atoms with Crippen LogP contribution in [0.4, 0.5) is 0 Å². The first-order valence-corrected chi connectivity index (χ1v) is 11.0. The molecule has 4 rings (SSSR count). The lowest BCUT2D eigenvalue weighted by Crippen LogP contribution is -2.13. The summed E-state index contributed by atoms with van der Waals surface area (Å²) in [6.45, 7) is 2.72. The molecule has 1 unspecified atom stereocenters. The Labute approximate surface area is 184 Å². The molecule has 2 aromatic heterocycles. The van der Waals surface area contributed by atoms with Crippen LogP contribution in [0.3, 0.4) is 0 Å². The number of hydrogen-bond donors (Lipinski definition) is 2. The zero-order valence-electron chi connectivity index (χ0n) is 17.1. The monoisotopic (exact) mass is 430 g/mol. The lowest BCUT2D eigenvalue weighted by molar-refractivity contribution is 0.0692. The summed E-state index contributed by atoms with van der Waals surface area (Å²) in [7, 11) is 0. The molecule has 0 bridgehead atoms. The summed E-state index contributed by atoms with van der Waals surface area (Å²) in [5.74, 6) is -1.05. The van der Waals surface area contributed by atoms with Crippen molar-refractivity contribution in [3.8, 4) is 17.2 Å². The fourth-order valence-corrected chi connectivity index (χ4v) is 4.72. The average Bonchev–Trinajstić information content (AvgIpc) is 3.39. The second-order valence-corrected chi connectivity index (χ2v) is 8.30. The normalized spacial score (nSPS) is 12.0. The minimum absolute atomic E-state index is 0.146. The van der Waals surface area contributed by atoms with Crippen molar-refractivity contribution in [2.24, 2.45) is 0 Å². The van der Waals surface area contributed by atoms with E-state index in [1.54, 1.807) is 18.2 Å². The second kappa shape index (κ2) is 8.76. The molecule has 2 N–H and O–H groups in total. The number of carboxylic acids is 1. The van der Waals surface area contributed by atoms with Crippen molar-refractivity contribution in [3.63, 3.8) is 0 Å². The summed E-state index contributed by atoms with van der Waals surface area (Å²) in [6.07, 6.45) is 0.759. The van der Waals surface area contributed by atoms with Crippen molar-refractivity contribution in [2.45, 2.75) is 32.4 Å². The maximum Gasteiger partial charge on any atom is 0.338 e.